The zero-order valence-corrected chi connectivity index (χ0v) is 13.8. The zero-order valence-electron chi connectivity index (χ0n) is 13.0. The van der Waals surface area contributed by atoms with Crippen LogP contribution in [0.1, 0.15) is 36.2 Å². The Bertz CT molecular complexity index is 477. The van der Waals surface area contributed by atoms with Crippen molar-refractivity contribution in [3.63, 3.8) is 0 Å². The summed E-state index contributed by atoms with van der Waals surface area (Å²) in [5, 5.41) is 5.02. The molecule has 118 valence electrons. The van der Waals surface area contributed by atoms with Gasteiger partial charge in [0.2, 0.25) is 0 Å². The largest absolute Gasteiger partial charge is 0.453 e. The maximum Gasteiger partial charge on any atom is 0.407 e. The van der Waals surface area contributed by atoms with Gasteiger partial charge in [-0.25, -0.2) is 4.79 Å². The Hall–Kier alpha value is -1.11. The predicted molar refractivity (Wildman–Crippen MR) is 85.6 cm³/mol. The summed E-state index contributed by atoms with van der Waals surface area (Å²) in [6, 6.07) is 2.64. The number of aryl methyl sites for hydroxylation is 1. The van der Waals surface area contributed by atoms with Crippen LogP contribution in [-0.4, -0.2) is 43.3 Å². The lowest BCUT2D eigenvalue weighted by Crippen LogP contribution is -2.42. The lowest BCUT2D eigenvalue weighted by molar-refractivity contribution is 0.164. The quantitative estimate of drug-likeness (QED) is 0.875. The minimum atomic E-state index is -0.356. The Kier molecular flexibility index (Phi) is 5.61. The van der Waals surface area contributed by atoms with E-state index in [9.17, 15) is 4.79 Å². The van der Waals surface area contributed by atoms with Crippen molar-refractivity contribution in [3.8, 4) is 0 Å². The maximum atomic E-state index is 11.3. The Morgan fingerprint density at radius 1 is 1.67 bits per heavy atom. The second-order valence-corrected chi connectivity index (χ2v) is 6.55. The van der Waals surface area contributed by atoms with Gasteiger partial charge in [0.15, 0.2) is 0 Å². The Morgan fingerprint density at radius 3 is 3.00 bits per heavy atom. The van der Waals surface area contributed by atoms with E-state index in [2.05, 4.69) is 40.2 Å². The molecule has 3 unspecified atom stereocenters. The van der Waals surface area contributed by atoms with Gasteiger partial charge in [-0.05, 0) is 36.8 Å². The van der Waals surface area contributed by atoms with Crippen LogP contribution < -0.4 is 11.1 Å². The number of nitrogens with one attached hydrogen (secondary N) is 1. The van der Waals surface area contributed by atoms with Crippen molar-refractivity contribution in [2.75, 3.05) is 20.2 Å². The standard InChI is InChI=1S/C15H25N3O2S/c1-4-12(16)13(14-10(2)6-8-21-14)18-7-5-11(9-18)17-15(19)20-3/h6,8,11-13H,4-5,7,9,16H2,1-3H3,(H,17,19). The molecule has 1 aliphatic rings. The third kappa shape index (κ3) is 3.75. The third-order valence-corrected chi connectivity index (χ3v) is 5.26. The molecule has 0 aromatic carbocycles. The van der Waals surface area contributed by atoms with Crippen LogP contribution in [-0.2, 0) is 4.74 Å². The highest BCUT2D eigenvalue weighted by Gasteiger charge is 2.34. The number of amides is 1. The van der Waals surface area contributed by atoms with Crippen LogP contribution in [0.2, 0.25) is 0 Å². The number of nitrogens with two attached hydrogens (primary N) is 1. The molecule has 0 bridgehead atoms. The molecule has 1 amide bonds. The van der Waals surface area contributed by atoms with E-state index in [4.69, 9.17) is 5.73 Å². The first kappa shape index (κ1) is 16.3. The normalized spacial score (nSPS) is 22.0. The average molecular weight is 311 g/mol. The maximum absolute atomic E-state index is 11.3. The van der Waals surface area contributed by atoms with Gasteiger partial charge in [0, 0.05) is 30.1 Å². The lowest BCUT2D eigenvalue weighted by Gasteiger charge is -2.32. The topological polar surface area (TPSA) is 67.6 Å². The number of alkyl carbamates (subject to hydrolysis) is 1. The molecule has 0 radical (unpaired) electrons. The van der Waals surface area contributed by atoms with Crippen LogP contribution in [0.4, 0.5) is 4.79 Å². The van der Waals surface area contributed by atoms with E-state index in [0.29, 0.717) is 0 Å². The molecule has 6 heteroatoms. The minimum absolute atomic E-state index is 0.110. The molecule has 0 saturated carbocycles. The Labute approximate surface area is 130 Å². The fourth-order valence-corrected chi connectivity index (χ4v) is 4.06. The molecule has 1 aliphatic heterocycles. The van der Waals surface area contributed by atoms with E-state index in [1.54, 1.807) is 11.3 Å². The fraction of sp³-hybridized carbons (Fsp3) is 0.667. The number of carbonyl (C=O) groups is 1. The molecular formula is C15H25N3O2S. The number of likely N-dealkylation sites (tertiary alicyclic amines) is 1. The van der Waals surface area contributed by atoms with Crippen LogP contribution in [0.25, 0.3) is 0 Å². The summed E-state index contributed by atoms with van der Waals surface area (Å²) in [4.78, 5) is 15.1. The Balaban J connectivity index is 2.09. The van der Waals surface area contributed by atoms with Gasteiger partial charge in [0.25, 0.3) is 0 Å². The van der Waals surface area contributed by atoms with Crippen LogP contribution in [0.3, 0.4) is 0 Å². The summed E-state index contributed by atoms with van der Waals surface area (Å²) in [6.45, 7) is 6.04. The highest BCUT2D eigenvalue weighted by atomic mass is 32.1. The zero-order chi connectivity index (χ0) is 15.4. The summed E-state index contributed by atoms with van der Waals surface area (Å²) in [5.74, 6) is 0. The van der Waals surface area contributed by atoms with Crippen molar-refractivity contribution in [1.82, 2.24) is 10.2 Å². The molecular weight excluding hydrogens is 286 g/mol. The molecule has 5 nitrogen and oxygen atoms in total. The van der Waals surface area contributed by atoms with Crippen LogP contribution >= 0.6 is 11.3 Å². The number of ether oxygens (including phenoxy) is 1. The van der Waals surface area contributed by atoms with E-state index in [-0.39, 0.29) is 24.2 Å². The van der Waals surface area contributed by atoms with Gasteiger partial charge in [-0.2, -0.15) is 0 Å². The average Bonchev–Trinajstić information content (AvgIpc) is 3.09. The highest BCUT2D eigenvalue weighted by Crippen LogP contribution is 2.34. The van der Waals surface area contributed by atoms with Crippen molar-refractivity contribution < 1.29 is 9.53 Å². The third-order valence-electron chi connectivity index (χ3n) is 4.17. The van der Waals surface area contributed by atoms with Gasteiger partial charge >= 0.3 is 6.09 Å². The van der Waals surface area contributed by atoms with Gasteiger partial charge in [0.05, 0.1) is 13.2 Å². The van der Waals surface area contributed by atoms with Gasteiger partial charge < -0.3 is 15.8 Å². The minimum Gasteiger partial charge on any atom is -0.453 e. The van der Waals surface area contributed by atoms with Gasteiger partial charge in [0.1, 0.15) is 0 Å². The van der Waals surface area contributed by atoms with Crippen LogP contribution in [0.15, 0.2) is 11.4 Å². The summed E-state index contributed by atoms with van der Waals surface area (Å²) in [7, 11) is 1.40. The molecule has 1 aromatic heterocycles. The Morgan fingerprint density at radius 2 is 2.43 bits per heavy atom. The molecule has 21 heavy (non-hydrogen) atoms. The van der Waals surface area contributed by atoms with Crippen LogP contribution in [0.5, 0.6) is 0 Å². The fourth-order valence-electron chi connectivity index (χ4n) is 2.93. The summed E-state index contributed by atoms with van der Waals surface area (Å²) in [5.41, 5.74) is 7.69. The van der Waals surface area contributed by atoms with E-state index >= 15 is 0 Å². The van der Waals surface area contributed by atoms with E-state index in [0.717, 1.165) is 25.9 Å². The van der Waals surface area contributed by atoms with Gasteiger partial charge in [-0.3, -0.25) is 4.90 Å². The van der Waals surface area contributed by atoms with Crippen LogP contribution in [0, 0.1) is 6.92 Å². The molecule has 3 N–H and O–H groups in total. The molecule has 2 heterocycles. The van der Waals surface area contributed by atoms with E-state index in [1.807, 2.05) is 0 Å². The number of thiophene rings is 1. The molecule has 0 spiro atoms. The predicted octanol–water partition coefficient (Wildman–Crippen LogP) is 2.27. The molecule has 1 saturated heterocycles. The van der Waals surface area contributed by atoms with E-state index in [1.165, 1.54) is 17.6 Å². The van der Waals surface area contributed by atoms with Gasteiger partial charge in [-0.15, -0.1) is 11.3 Å². The number of carbonyl (C=O) groups excluding carboxylic acids is 1. The van der Waals surface area contributed by atoms with Crippen molar-refractivity contribution in [1.29, 1.82) is 0 Å². The monoisotopic (exact) mass is 311 g/mol. The second-order valence-electron chi connectivity index (χ2n) is 5.60. The number of methoxy groups -OCH3 is 1. The van der Waals surface area contributed by atoms with Crippen molar-refractivity contribution in [2.45, 2.75) is 44.8 Å². The first-order valence-corrected chi connectivity index (χ1v) is 8.32. The highest BCUT2D eigenvalue weighted by molar-refractivity contribution is 7.10. The molecule has 0 aliphatic carbocycles. The van der Waals surface area contributed by atoms with Gasteiger partial charge in [-0.1, -0.05) is 6.92 Å². The SMILES string of the molecule is CCC(N)C(c1sccc1C)N1CCC(NC(=O)OC)C1. The molecule has 1 aromatic rings. The van der Waals surface area contributed by atoms with Crippen molar-refractivity contribution in [2.24, 2.45) is 5.73 Å². The summed E-state index contributed by atoms with van der Waals surface area (Å²) in [6.07, 6.45) is 1.52. The molecule has 3 atom stereocenters. The smallest absolute Gasteiger partial charge is 0.407 e. The molecule has 1 fully saturated rings. The lowest BCUT2D eigenvalue weighted by atomic mass is 10.0. The number of hydrogen-bond acceptors (Lipinski definition) is 5. The number of hydrogen-bond donors (Lipinski definition) is 2. The number of rotatable bonds is 5. The first-order valence-electron chi connectivity index (χ1n) is 7.44. The second kappa shape index (κ2) is 7.24. The summed E-state index contributed by atoms with van der Waals surface area (Å²) >= 11 is 1.77. The van der Waals surface area contributed by atoms with Crippen molar-refractivity contribution in [3.05, 3.63) is 21.9 Å². The summed E-state index contributed by atoms with van der Waals surface area (Å²) < 4.78 is 4.68. The molecule has 2 rings (SSSR count). The first-order chi connectivity index (χ1) is 10.1. The van der Waals surface area contributed by atoms with Crippen molar-refractivity contribution >= 4 is 17.4 Å². The van der Waals surface area contributed by atoms with E-state index < -0.39 is 0 Å². The number of nitrogens with zero attached hydrogens (tertiary/aromatic N) is 1.